The van der Waals surface area contributed by atoms with Gasteiger partial charge < -0.3 is 15.0 Å². The highest BCUT2D eigenvalue weighted by atomic mass is 16.3. The lowest BCUT2D eigenvalue weighted by atomic mass is 10.1. The van der Waals surface area contributed by atoms with Gasteiger partial charge in [-0.15, -0.1) is 0 Å². The second kappa shape index (κ2) is 7.43. The van der Waals surface area contributed by atoms with Gasteiger partial charge in [-0.2, -0.15) is 0 Å². The SMILES string of the molecule is Cc1ccc(CCC(=O)NCCc2cn(C)c3ccc(O)cc23)cc1. The van der Waals surface area contributed by atoms with E-state index in [9.17, 15) is 9.90 Å². The number of aromatic hydroxyl groups is 1. The van der Waals surface area contributed by atoms with E-state index in [0.29, 0.717) is 13.0 Å². The minimum atomic E-state index is 0.0728. The van der Waals surface area contributed by atoms with Gasteiger partial charge in [-0.3, -0.25) is 4.79 Å². The Labute approximate surface area is 148 Å². The number of carbonyl (C=O) groups excluding carboxylic acids is 1. The fourth-order valence-electron chi connectivity index (χ4n) is 3.10. The third-order valence-corrected chi connectivity index (χ3v) is 4.53. The van der Waals surface area contributed by atoms with Gasteiger partial charge in [-0.05, 0) is 49.1 Å². The minimum absolute atomic E-state index is 0.0728. The predicted molar refractivity (Wildman–Crippen MR) is 101 cm³/mol. The van der Waals surface area contributed by atoms with Crippen LogP contribution in [0.4, 0.5) is 0 Å². The molecule has 0 fully saturated rings. The Kier molecular flexibility index (Phi) is 5.08. The summed E-state index contributed by atoms with van der Waals surface area (Å²) in [6.07, 6.45) is 4.06. The maximum Gasteiger partial charge on any atom is 0.220 e. The molecule has 1 amide bonds. The normalized spacial score (nSPS) is 11.0. The van der Waals surface area contributed by atoms with Crippen LogP contribution in [0.3, 0.4) is 0 Å². The molecule has 0 unspecified atom stereocenters. The van der Waals surface area contributed by atoms with Gasteiger partial charge in [0, 0.05) is 37.1 Å². The lowest BCUT2D eigenvalue weighted by Gasteiger charge is -2.05. The van der Waals surface area contributed by atoms with Gasteiger partial charge in [0.15, 0.2) is 0 Å². The largest absolute Gasteiger partial charge is 0.508 e. The van der Waals surface area contributed by atoms with Crippen LogP contribution in [-0.4, -0.2) is 22.1 Å². The van der Waals surface area contributed by atoms with E-state index in [4.69, 9.17) is 0 Å². The molecule has 0 aliphatic rings. The fourth-order valence-corrected chi connectivity index (χ4v) is 3.10. The van der Waals surface area contributed by atoms with Crippen molar-refractivity contribution >= 4 is 16.8 Å². The van der Waals surface area contributed by atoms with Crippen molar-refractivity contribution in [1.82, 2.24) is 9.88 Å². The molecule has 3 rings (SSSR count). The average molecular weight is 336 g/mol. The number of benzene rings is 2. The van der Waals surface area contributed by atoms with Crippen LogP contribution in [0.15, 0.2) is 48.7 Å². The Morgan fingerprint density at radius 1 is 1.12 bits per heavy atom. The van der Waals surface area contributed by atoms with Crippen LogP contribution < -0.4 is 5.32 Å². The number of hydrogen-bond donors (Lipinski definition) is 2. The quantitative estimate of drug-likeness (QED) is 0.724. The van der Waals surface area contributed by atoms with E-state index in [1.807, 2.05) is 17.7 Å². The number of rotatable bonds is 6. The molecule has 130 valence electrons. The van der Waals surface area contributed by atoms with Gasteiger partial charge in [-0.1, -0.05) is 29.8 Å². The molecule has 4 nitrogen and oxygen atoms in total. The molecule has 3 aromatic rings. The van der Waals surface area contributed by atoms with Crippen molar-refractivity contribution in [2.75, 3.05) is 6.54 Å². The van der Waals surface area contributed by atoms with E-state index in [1.54, 1.807) is 12.1 Å². The van der Waals surface area contributed by atoms with Gasteiger partial charge in [0.25, 0.3) is 0 Å². The Bertz CT molecular complexity index is 879. The number of nitrogens with one attached hydrogen (secondary N) is 1. The molecule has 1 heterocycles. The van der Waals surface area contributed by atoms with Crippen LogP contribution >= 0.6 is 0 Å². The number of aromatic nitrogens is 1. The van der Waals surface area contributed by atoms with Gasteiger partial charge in [0.1, 0.15) is 5.75 Å². The smallest absolute Gasteiger partial charge is 0.220 e. The highest BCUT2D eigenvalue weighted by Crippen LogP contribution is 2.25. The number of fused-ring (bicyclic) bond motifs is 1. The maximum absolute atomic E-state index is 12.0. The number of phenols is 1. The summed E-state index contributed by atoms with van der Waals surface area (Å²) >= 11 is 0. The minimum Gasteiger partial charge on any atom is -0.508 e. The summed E-state index contributed by atoms with van der Waals surface area (Å²) in [4.78, 5) is 12.0. The van der Waals surface area contributed by atoms with Crippen LogP contribution in [0.25, 0.3) is 10.9 Å². The Morgan fingerprint density at radius 2 is 1.88 bits per heavy atom. The third kappa shape index (κ3) is 4.21. The molecular weight excluding hydrogens is 312 g/mol. The van der Waals surface area contributed by atoms with E-state index in [1.165, 1.54) is 11.1 Å². The molecule has 25 heavy (non-hydrogen) atoms. The molecule has 1 aromatic heterocycles. The third-order valence-electron chi connectivity index (χ3n) is 4.53. The fraction of sp³-hybridized carbons (Fsp3) is 0.286. The first-order valence-electron chi connectivity index (χ1n) is 8.62. The Hall–Kier alpha value is -2.75. The van der Waals surface area contributed by atoms with E-state index < -0.39 is 0 Å². The number of amides is 1. The molecule has 0 bridgehead atoms. The molecule has 0 spiro atoms. The van der Waals surface area contributed by atoms with Crippen LogP contribution in [-0.2, 0) is 24.7 Å². The summed E-state index contributed by atoms with van der Waals surface area (Å²) in [7, 11) is 1.99. The number of aryl methyl sites for hydroxylation is 3. The van der Waals surface area contributed by atoms with Crippen molar-refractivity contribution in [2.45, 2.75) is 26.2 Å². The average Bonchev–Trinajstić information content (AvgIpc) is 2.90. The van der Waals surface area contributed by atoms with Gasteiger partial charge in [-0.25, -0.2) is 0 Å². The van der Waals surface area contributed by atoms with Crippen LogP contribution in [0, 0.1) is 6.92 Å². The zero-order valence-electron chi connectivity index (χ0n) is 14.7. The summed E-state index contributed by atoms with van der Waals surface area (Å²) in [5, 5.41) is 13.7. The van der Waals surface area contributed by atoms with E-state index in [-0.39, 0.29) is 11.7 Å². The lowest BCUT2D eigenvalue weighted by Crippen LogP contribution is -2.25. The lowest BCUT2D eigenvalue weighted by molar-refractivity contribution is -0.121. The van der Waals surface area contributed by atoms with Crippen LogP contribution in [0.5, 0.6) is 5.75 Å². The Morgan fingerprint density at radius 3 is 2.64 bits per heavy atom. The molecule has 2 N–H and O–H groups in total. The first-order chi connectivity index (χ1) is 12.0. The second-order valence-corrected chi connectivity index (χ2v) is 6.55. The topological polar surface area (TPSA) is 54.3 Å². The Balaban J connectivity index is 1.51. The molecule has 0 atom stereocenters. The number of carbonyl (C=O) groups is 1. The molecule has 0 aliphatic carbocycles. The zero-order valence-corrected chi connectivity index (χ0v) is 14.7. The zero-order chi connectivity index (χ0) is 17.8. The monoisotopic (exact) mass is 336 g/mol. The molecule has 0 aliphatic heterocycles. The highest BCUT2D eigenvalue weighted by molar-refractivity contribution is 5.85. The maximum atomic E-state index is 12.0. The van der Waals surface area contributed by atoms with Crippen molar-refractivity contribution in [1.29, 1.82) is 0 Å². The van der Waals surface area contributed by atoms with E-state index in [2.05, 4.69) is 42.7 Å². The molecule has 0 saturated heterocycles. The number of hydrogen-bond acceptors (Lipinski definition) is 2. The standard InChI is InChI=1S/C21H24N2O2/c1-15-3-5-16(6-4-15)7-10-21(25)22-12-11-17-14-23(2)20-9-8-18(24)13-19(17)20/h3-6,8-9,13-14,24H,7,10-12H2,1-2H3,(H,22,25). The van der Waals surface area contributed by atoms with E-state index in [0.717, 1.165) is 29.3 Å². The summed E-state index contributed by atoms with van der Waals surface area (Å²) in [6.45, 7) is 2.66. The van der Waals surface area contributed by atoms with Gasteiger partial charge in [0.2, 0.25) is 5.91 Å². The molecular formula is C21H24N2O2. The predicted octanol–water partition coefficient (Wildman–Crippen LogP) is 3.48. The van der Waals surface area contributed by atoms with Crippen molar-refractivity contribution < 1.29 is 9.90 Å². The van der Waals surface area contributed by atoms with Crippen molar-refractivity contribution in [3.63, 3.8) is 0 Å². The van der Waals surface area contributed by atoms with Crippen LogP contribution in [0.2, 0.25) is 0 Å². The number of nitrogens with zero attached hydrogens (tertiary/aromatic N) is 1. The molecule has 4 heteroatoms. The summed E-state index contributed by atoms with van der Waals surface area (Å²) in [5.41, 5.74) is 4.63. The van der Waals surface area contributed by atoms with E-state index >= 15 is 0 Å². The highest BCUT2D eigenvalue weighted by Gasteiger charge is 2.08. The first-order valence-corrected chi connectivity index (χ1v) is 8.62. The van der Waals surface area contributed by atoms with Gasteiger partial charge in [0.05, 0.1) is 0 Å². The summed E-state index contributed by atoms with van der Waals surface area (Å²) in [5.74, 6) is 0.339. The molecule has 0 radical (unpaired) electrons. The molecule has 0 saturated carbocycles. The van der Waals surface area contributed by atoms with Crippen molar-refractivity contribution in [3.8, 4) is 5.75 Å². The molecule has 2 aromatic carbocycles. The summed E-state index contributed by atoms with van der Waals surface area (Å²) in [6, 6.07) is 13.7. The van der Waals surface area contributed by atoms with Crippen molar-refractivity contribution in [2.24, 2.45) is 7.05 Å². The van der Waals surface area contributed by atoms with Gasteiger partial charge >= 0.3 is 0 Å². The first kappa shape index (κ1) is 17.1. The number of phenolic OH excluding ortho intramolecular Hbond substituents is 1. The second-order valence-electron chi connectivity index (χ2n) is 6.55. The van der Waals surface area contributed by atoms with Crippen LogP contribution in [0.1, 0.15) is 23.1 Å². The summed E-state index contributed by atoms with van der Waals surface area (Å²) < 4.78 is 2.04. The van der Waals surface area contributed by atoms with Crippen molar-refractivity contribution in [3.05, 3.63) is 65.4 Å².